The number of hydrogen-bond acceptors (Lipinski definition) is 5. The Morgan fingerprint density at radius 3 is 2.67 bits per heavy atom. The zero-order valence-corrected chi connectivity index (χ0v) is 13.2. The Balaban J connectivity index is 1.85. The van der Waals surface area contributed by atoms with Crippen LogP contribution in [0, 0.1) is 0 Å². The van der Waals surface area contributed by atoms with E-state index in [1.165, 1.54) is 17.3 Å². The van der Waals surface area contributed by atoms with E-state index in [4.69, 9.17) is 9.57 Å². The molecule has 0 fully saturated rings. The van der Waals surface area contributed by atoms with Crippen LogP contribution in [0.4, 0.5) is 0 Å². The van der Waals surface area contributed by atoms with E-state index in [-0.39, 0.29) is 18.2 Å². The minimum Gasteiger partial charge on any atom is -0.497 e. The molecule has 0 amide bonds. The first-order valence-electron chi connectivity index (χ1n) is 7.58. The van der Waals surface area contributed by atoms with Crippen molar-refractivity contribution in [3.8, 4) is 5.75 Å². The molecule has 0 N–H and O–H groups in total. The van der Waals surface area contributed by atoms with Gasteiger partial charge in [0.1, 0.15) is 5.75 Å². The Bertz CT molecular complexity index is 770. The van der Waals surface area contributed by atoms with Crippen LogP contribution in [0.1, 0.15) is 28.4 Å². The lowest BCUT2D eigenvalue weighted by molar-refractivity contribution is -0.130. The summed E-state index contributed by atoms with van der Waals surface area (Å²) in [7, 11) is 1.58. The second kappa shape index (κ2) is 7.00. The SMILES string of the molecule is COc1cccc(C2CC(=O)C=CN2OC(=O)c2ccccc2)c1. The highest BCUT2D eigenvalue weighted by atomic mass is 16.7. The summed E-state index contributed by atoms with van der Waals surface area (Å²) in [6.45, 7) is 0. The molecule has 2 aromatic carbocycles. The fourth-order valence-electron chi connectivity index (χ4n) is 2.54. The molecular weight excluding hydrogens is 306 g/mol. The van der Waals surface area contributed by atoms with E-state index in [2.05, 4.69) is 0 Å². The molecule has 0 saturated heterocycles. The Kier molecular flexibility index (Phi) is 4.61. The summed E-state index contributed by atoms with van der Waals surface area (Å²) in [5.41, 5.74) is 1.29. The summed E-state index contributed by atoms with van der Waals surface area (Å²) in [6.07, 6.45) is 3.14. The molecule has 0 aliphatic carbocycles. The molecule has 0 radical (unpaired) electrons. The standard InChI is InChI=1S/C19H17NO4/c1-23-17-9-5-8-15(12-17)18-13-16(21)10-11-20(18)24-19(22)14-6-3-2-4-7-14/h2-12,18H,13H2,1H3. The van der Waals surface area contributed by atoms with E-state index >= 15 is 0 Å². The minimum absolute atomic E-state index is 0.0187. The summed E-state index contributed by atoms with van der Waals surface area (Å²) >= 11 is 0. The average Bonchev–Trinajstić information content (AvgIpc) is 2.64. The third kappa shape index (κ3) is 3.46. The number of benzene rings is 2. The minimum atomic E-state index is -0.470. The van der Waals surface area contributed by atoms with E-state index in [0.717, 1.165) is 5.56 Å². The molecule has 1 aliphatic heterocycles. The van der Waals surface area contributed by atoms with Crippen molar-refractivity contribution in [2.75, 3.05) is 7.11 Å². The molecule has 0 saturated carbocycles. The number of rotatable bonds is 4. The Hall–Kier alpha value is -3.08. The maximum atomic E-state index is 12.3. The number of nitrogens with zero attached hydrogens (tertiary/aromatic N) is 1. The number of methoxy groups -OCH3 is 1. The monoisotopic (exact) mass is 323 g/mol. The number of ether oxygens (including phenoxy) is 1. The predicted octanol–water partition coefficient (Wildman–Crippen LogP) is 3.30. The number of carbonyl (C=O) groups is 2. The van der Waals surface area contributed by atoms with Crippen molar-refractivity contribution in [2.24, 2.45) is 0 Å². The maximum absolute atomic E-state index is 12.3. The fourth-order valence-corrected chi connectivity index (χ4v) is 2.54. The molecule has 122 valence electrons. The van der Waals surface area contributed by atoms with Crippen molar-refractivity contribution < 1.29 is 19.2 Å². The number of allylic oxidation sites excluding steroid dienone is 1. The van der Waals surface area contributed by atoms with Crippen LogP contribution in [0.15, 0.2) is 66.9 Å². The summed E-state index contributed by atoms with van der Waals surface area (Å²) in [4.78, 5) is 29.6. The van der Waals surface area contributed by atoms with Gasteiger partial charge >= 0.3 is 5.97 Å². The normalized spacial score (nSPS) is 16.8. The van der Waals surface area contributed by atoms with Gasteiger partial charge in [-0.2, -0.15) is 0 Å². The van der Waals surface area contributed by atoms with Crippen molar-refractivity contribution in [1.82, 2.24) is 5.06 Å². The van der Waals surface area contributed by atoms with Crippen LogP contribution in [0.3, 0.4) is 0 Å². The number of carbonyl (C=O) groups excluding carboxylic acids is 2. The molecule has 3 rings (SSSR count). The van der Waals surface area contributed by atoms with E-state index in [1.54, 1.807) is 31.4 Å². The van der Waals surface area contributed by atoms with Gasteiger partial charge < -0.3 is 9.57 Å². The first-order chi connectivity index (χ1) is 11.7. The van der Waals surface area contributed by atoms with E-state index in [9.17, 15) is 9.59 Å². The van der Waals surface area contributed by atoms with Gasteiger partial charge in [-0.3, -0.25) is 4.79 Å². The van der Waals surface area contributed by atoms with Crippen LogP contribution in [0.25, 0.3) is 0 Å². The summed E-state index contributed by atoms with van der Waals surface area (Å²) in [6, 6.07) is 15.7. The second-order valence-electron chi connectivity index (χ2n) is 5.38. The molecule has 1 aliphatic rings. The third-order valence-electron chi connectivity index (χ3n) is 3.79. The van der Waals surface area contributed by atoms with Crippen LogP contribution >= 0.6 is 0 Å². The van der Waals surface area contributed by atoms with Gasteiger partial charge in [-0.25, -0.2) is 9.86 Å². The lowest BCUT2D eigenvalue weighted by atomic mass is 9.99. The van der Waals surface area contributed by atoms with Crippen molar-refractivity contribution in [3.63, 3.8) is 0 Å². The number of hydroxylamine groups is 2. The van der Waals surface area contributed by atoms with Gasteiger partial charge in [0, 0.05) is 18.7 Å². The highest BCUT2D eigenvalue weighted by Gasteiger charge is 2.28. The van der Waals surface area contributed by atoms with Crippen molar-refractivity contribution >= 4 is 11.8 Å². The third-order valence-corrected chi connectivity index (χ3v) is 3.79. The molecule has 0 spiro atoms. The van der Waals surface area contributed by atoms with Gasteiger partial charge in [0.15, 0.2) is 5.78 Å². The molecule has 24 heavy (non-hydrogen) atoms. The van der Waals surface area contributed by atoms with Gasteiger partial charge in [0.05, 0.1) is 18.7 Å². The van der Waals surface area contributed by atoms with Crippen molar-refractivity contribution in [1.29, 1.82) is 0 Å². The predicted molar refractivity (Wildman–Crippen MR) is 88.2 cm³/mol. The van der Waals surface area contributed by atoms with E-state index < -0.39 is 5.97 Å². The second-order valence-corrected chi connectivity index (χ2v) is 5.38. The van der Waals surface area contributed by atoms with Gasteiger partial charge in [-0.1, -0.05) is 30.3 Å². The molecule has 5 heteroatoms. The molecule has 1 unspecified atom stereocenters. The van der Waals surface area contributed by atoms with Crippen LogP contribution in [-0.2, 0) is 9.63 Å². The topological polar surface area (TPSA) is 55.8 Å². The van der Waals surface area contributed by atoms with Gasteiger partial charge in [-0.15, -0.1) is 0 Å². The molecule has 1 atom stereocenters. The molecular formula is C19H17NO4. The maximum Gasteiger partial charge on any atom is 0.363 e. The lowest BCUT2D eigenvalue weighted by Crippen LogP contribution is -2.31. The van der Waals surface area contributed by atoms with Crippen molar-refractivity contribution in [2.45, 2.75) is 12.5 Å². The Morgan fingerprint density at radius 2 is 1.92 bits per heavy atom. The lowest BCUT2D eigenvalue weighted by Gasteiger charge is -2.31. The summed E-state index contributed by atoms with van der Waals surface area (Å²) < 4.78 is 5.23. The Labute approximate surface area is 140 Å². The van der Waals surface area contributed by atoms with E-state index in [0.29, 0.717) is 11.3 Å². The number of hydrogen-bond donors (Lipinski definition) is 0. The smallest absolute Gasteiger partial charge is 0.363 e. The summed E-state index contributed by atoms with van der Waals surface area (Å²) in [5.74, 6) is 0.196. The molecule has 1 heterocycles. The van der Waals surface area contributed by atoms with Gasteiger partial charge in [0.2, 0.25) is 0 Å². The fraction of sp³-hybridized carbons (Fsp3) is 0.158. The molecule has 2 aromatic rings. The molecule has 0 bridgehead atoms. The van der Waals surface area contributed by atoms with E-state index in [1.807, 2.05) is 30.3 Å². The largest absolute Gasteiger partial charge is 0.497 e. The summed E-state index contributed by atoms with van der Waals surface area (Å²) in [5, 5.41) is 1.42. The zero-order chi connectivity index (χ0) is 16.9. The Morgan fingerprint density at radius 1 is 1.12 bits per heavy atom. The van der Waals surface area contributed by atoms with Gasteiger partial charge in [0.25, 0.3) is 0 Å². The number of ketones is 1. The first-order valence-corrected chi connectivity index (χ1v) is 7.58. The van der Waals surface area contributed by atoms with Crippen molar-refractivity contribution in [3.05, 3.63) is 78.0 Å². The molecule has 0 aromatic heterocycles. The first kappa shape index (κ1) is 15.8. The van der Waals surface area contributed by atoms with Gasteiger partial charge in [-0.05, 0) is 29.8 Å². The highest BCUT2D eigenvalue weighted by molar-refractivity contribution is 5.91. The average molecular weight is 323 g/mol. The quantitative estimate of drug-likeness (QED) is 0.864. The van der Waals surface area contributed by atoms with Crippen LogP contribution in [-0.4, -0.2) is 23.9 Å². The van der Waals surface area contributed by atoms with Crippen LogP contribution in [0.5, 0.6) is 5.75 Å². The molecule has 5 nitrogen and oxygen atoms in total. The zero-order valence-electron chi connectivity index (χ0n) is 13.2. The van der Waals surface area contributed by atoms with Crippen LogP contribution < -0.4 is 4.74 Å². The highest BCUT2D eigenvalue weighted by Crippen LogP contribution is 2.31. The van der Waals surface area contributed by atoms with Crippen LogP contribution in [0.2, 0.25) is 0 Å².